The molecule has 1 saturated heterocycles. The third-order valence-electron chi connectivity index (χ3n) is 4.65. The number of alkyl halides is 6. The van der Waals surface area contributed by atoms with E-state index in [0.29, 0.717) is 24.2 Å². The number of rotatable bonds is 4. The van der Waals surface area contributed by atoms with E-state index in [1.54, 1.807) is 6.07 Å². The Morgan fingerprint density at radius 3 is 2.20 bits per heavy atom. The zero-order chi connectivity index (χ0) is 22.1. The van der Waals surface area contributed by atoms with Crippen molar-refractivity contribution in [2.75, 3.05) is 13.2 Å². The van der Waals surface area contributed by atoms with Crippen molar-refractivity contribution in [1.82, 2.24) is 5.32 Å². The van der Waals surface area contributed by atoms with Gasteiger partial charge in [-0.25, -0.2) is 4.39 Å². The molecule has 2 aromatic rings. The number of benzene rings is 2. The van der Waals surface area contributed by atoms with E-state index in [1.807, 2.05) is 0 Å². The van der Waals surface area contributed by atoms with Crippen LogP contribution < -0.4 is 5.32 Å². The molecular formula is C20H18F7NO2. The monoisotopic (exact) mass is 437 g/mol. The highest BCUT2D eigenvalue weighted by molar-refractivity contribution is 5.34. The minimum atomic E-state index is -4.96. The normalized spacial score (nSPS) is 21.5. The van der Waals surface area contributed by atoms with Crippen molar-refractivity contribution in [2.45, 2.75) is 37.7 Å². The van der Waals surface area contributed by atoms with E-state index in [9.17, 15) is 30.7 Å². The Labute approximate surface area is 167 Å². The largest absolute Gasteiger partial charge is 0.416 e. The lowest BCUT2D eigenvalue weighted by Crippen LogP contribution is -2.43. The van der Waals surface area contributed by atoms with E-state index < -0.39 is 47.7 Å². The summed E-state index contributed by atoms with van der Waals surface area (Å²) < 4.78 is 103. The molecule has 0 aliphatic carbocycles. The number of halogens is 7. The van der Waals surface area contributed by atoms with Crippen molar-refractivity contribution in [2.24, 2.45) is 0 Å². The SMILES string of the molecule is C[C@@H](O[C@H]1OCCN[C@H]1c1cccc(F)c1)c1cc(C(F)(F)F)cc(C(F)(F)F)c1. The van der Waals surface area contributed by atoms with Gasteiger partial charge in [-0.15, -0.1) is 0 Å². The van der Waals surface area contributed by atoms with Crippen LogP contribution in [0.3, 0.4) is 0 Å². The summed E-state index contributed by atoms with van der Waals surface area (Å²) in [4.78, 5) is 0. The Morgan fingerprint density at radius 2 is 1.63 bits per heavy atom. The third-order valence-corrected chi connectivity index (χ3v) is 4.65. The average Bonchev–Trinajstić information content (AvgIpc) is 2.66. The van der Waals surface area contributed by atoms with Crippen molar-refractivity contribution in [1.29, 1.82) is 0 Å². The molecule has 1 aliphatic rings. The standard InChI is InChI=1S/C20H18F7NO2/c1-11(13-7-14(19(22,23)24)10-15(8-13)20(25,26)27)30-18-17(28-5-6-29-18)12-3-2-4-16(21)9-12/h2-4,7-11,17-18,28H,5-6H2,1H3/t11-,17+,18-/m1/s1. The molecule has 1 heterocycles. The molecule has 3 atom stereocenters. The summed E-state index contributed by atoms with van der Waals surface area (Å²) in [6.45, 7) is 1.95. The van der Waals surface area contributed by atoms with Crippen LogP contribution in [0.2, 0.25) is 0 Å². The van der Waals surface area contributed by atoms with E-state index in [1.165, 1.54) is 25.1 Å². The van der Waals surface area contributed by atoms with Crippen LogP contribution in [-0.4, -0.2) is 19.4 Å². The van der Waals surface area contributed by atoms with Crippen molar-refractivity contribution in [3.05, 3.63) is 70.5 Å². The molecule has 0 saturated carbocycles. The number of hydrogen-bond acceptors (Lipinski definition) is 3. The first-order valence-corrected chi connectivity index (χ1v) is 9.00. The van der Waals surface area contributed by atoms with Gasteiger partial charge in [0.2, 0.25) is 0 Å². The Balaban J connectivity index is 1.89. The van der Waals surface area contributed by atoms with Gasteiger partial charge in [-0.05, 0) is 48.4 Å². The Morgan fingerprint density at radius 1 is 1.00 bits per heavy atom. The van der Waals surface area contributed by atoms with Gasteiger partial charge in [0.1, 0.15) is 5.82 Å². The number of ether oxygens (including phenoxy) is 2. The zero-order valence-electron chi connectivity index (χ0n) is 15.6. The fraction of sp³-hybridized carbons (Fsp3) is 0.400. The maximum atomic E-state index is 13.6. The lowest BCUT2D eigenvalue weighted by molar-refractivity contribution is -0.200. The Kier molecular flexibility index (Phi) is 6.40. The highest BCUT2D eigenvalue weighted by Gasteiger charge is 2.38. The highest BCUT2D eigenvalue weighted by Crippen LogP contribution is 2.38. The first kappa shape index (κ1) is 22.5. The number of morpholine rings is 1. The molecule has 1 N–H and O–H groups in total. The molecular weight excluding hydrogens is 419 g/mol. The van der Waals surface area contributed by atoms with Crippen LogP contribution in [0, 0.1) is 5.82 Å². The fourth-order valence-corrected chi connectivity index (χ4v) is 3.17. The first-order valence-electron chi connectivity index (χ1n) is 9.00. The van der Waals surface area contributed by atoms with Gasteiger partial charge in [-0.2, -0.15) is 26.3 Å². The predicted octanol–water partition coefficient (Wildman–Crippen LogP) is 5.63. The van der Waals surface area contributed by atoms with Crippen molar-refractivity contribution >= 4 is 0 Å². The third kappa shape index (κ3) is 5.30. The second-order valence-corrected chi connectivity index (χ2v) is 6.84. The quantitative estimate of drug-likeness (QED) is 0.630. The number of nitrogens with one attached hydrogen (secondary N) is 1. The summed E-state index contributed by atoms with van der Waals surface area (Å²) in [6, 6.07) is 6.23. The van der Waals surface area contributed by atoms with Gasteiger partial charge in [0.15, 0.2) is 6.29 Å². The van der Waals surface area contributed by atoms with Crippen LogP contribution in [0.25, 0.3) is 0 Å². The lowest BCUT2D eigenvalue weighted by Gasteiger charge is -2.34. The first-order chi connectivity index (χ1) is 13.9. The molecule has 2 aromatic carbocycles. The lowest BCUT2D eigenvalue weighted by atomic mass is 10.0. The Bertz CT molecular complexity index is 850. The minimum Gasteiger partial charge on any atom is -0.349 e. The second kappa shape index (κ2) is 8.52. The van der Waals surface area contributed by atoms with Gasteiger partial charge in [0.25, 0.3) is 0 Å². The van der Waals surface area contributed by atoms with Crippen molar-refractivity contribution in [3.8, 4) is 0 Å². The maximum absolute atomic E-state index is 13.6. The minimum absolute atomic E-state index is 0.0600. The van der Waals surface area contributed by atoms with E-state index in [2.05, 4.69) is 5.32 Å². The average molecular weight is 437 g/mol. The van der Waals surface area contributed by atoms with Gasteiger partial charge in [0.05, 0.1) is 29.9 Å². The van der Waals surface area contributed by atoms with E-state index in [-0.39, 0.29) is 18.2 Å². The number of hydrogen-bond donors (Lipinski definition) is 1. The molecule has 0 aromatic heterocycles. The van der Waals surface area contributed by atoms with Crippen LogP contribution >= 0.6 is 0 Å². The maximum Gasteiger partial charge on any atom is 0.416 e. The predicted molar refractivity (Wildman–Crippen MR) is 92.8 cm³/mol. The molecule has 0 unspecified atom stereocenters. The van der Waals surface area contributed by atoms with E-state index in [4.69, 9.17) is 9.47 Å². The van der Waals surface area contributed by atoms with Crippen molar-refractivity contribution in [3.63, 3.8) is 0 Å². The van der Waals surface area contributed by atoms with Crippen molar-refractivity contribution < 1.29 is 40.2 Å². The molecule has 1 aliphatic heterocycles. The Hall–Kier alpha value is -2.17. The molecule has 0 radical (unpaired) electrons. The van der Waals surface area contributed by atoms with Gasteiger partial charge in [-0.3, -0.25) is 0 Å². The van der Waals surface area contributed by atoms with Crippen LogP contribution in [0.5, 0.6) is 0 Å². The fourth-order valence-electron chi connectivity index (χ4n) is 3.17. The molecule has 0 spiro atoms. The summed E-state index contributed by atoms with van der Waals surface area (Å²) in [5.74, 6) is -0.501. The summed E-state index contributed by atoms with van der Waals surface area (Å²) in [7, 11) is 0. The highest BCUT2D eigenvalue weighted by atomic mass is 19.4. The molecule has 30 heavy (non-hydrogen) atoms. The molecule has 10 heteroatoms. The van der Waals surface area contributed by atoms with Crippen LogP contribution in [-0.2, 0) is 21.8 Å². The molecule has 0 amide bonds. The van der Waals surface area contributed by atoms with Gasteiger partial charge >= 0.3 is 12.4 Å². The zero-order valence-corrected chi connectivity index (χ0v) is 15.6. The smallest absolute Gasteiger partial charge is 0.349 e. The van der Waals surface area contributed by atoms with Crippen LogP contribution in [0.1, 0.15) is 41.3 Å². The van der Waals surface area contributed by atoms with Crippen LogP contribution in [0.15, 0.2) is 42.5 Å². The molecule has 3 nitrogen and oxygen atoms in total. The molecule has 164 valence electrons. The summed E-state index contributed by atoms with van der Waals surface area (Å²) in [5.41, 5.74) is -2.67. The topological polar surface area (TPSA) is 30.5 Å². The summed E-state index contributed by atoms with van der Waals surface area (Å²) >= 11 is 0. The van der Waals surface area contributed by atoms with Crippen LogP contribution in [0.4, 0.5) is 30.7 Å². The molecule has 0 bridgehead atoms. The van der Waals surface area contributed by atoms with Gasteiger partial charge < -0.3 is 14.8 Å². The molecule has 1 fully saturated rings. The summed E-state index contributed by atoms with van der Waals surface area (Å²) in [5, 5.41) is 3.06. The van der Waals surface area contributed by atoms with E-state index in [0.717, 1.165) is 0 Å². The van der Waals surface area contributed by atoms with Gasteiger partial charge in [0, 0.05) is 6.54 Å². The molecule has 3 rings (SSSR count). The summed E-state index contributed by atoms with van der Waals surface area (Å²) in [6.07, 6.45) is -12.1. The second-order valence-electron chi connectivity index (χ2n) is 6.84. The van der Waals surface area contributed by atoms with E-state index >= 15 is 0 Å². The van der Waals surface area contributed by atoms with Gasteiger partial charge in [-0.1, -0.05) is 12.1 Å².